The number of nitriles is 1. The van der Waals surface area contributed by atoms with Crippen molar-refractivity contribution in [2.75, 3.05) is 6.61 Å². The van der Waals surface area contributed by atoms with Gasteiger partial charge in [0.1, 0.15) is 11.8 Å². The molecule has 0 heterocycles. The number of rotatable bonds is 4. The van der Waals surface area contributed by atoms with Crippen LogP contribution in [-0.2, 0) is 0 Å². The van der Waals surface area contributed by atoms with Gasteiger partial charge < -0.3 is 4.74 Å². The van der Waals surface area contributed by atoms with Crippen molar-refractivity contribution >= 4 is 5.57 Å². The van der Waals surface area contributed by atoms with E-state index in [4.69, 9.17) is 10.00 Å². The van der Waals surface area contributed by atoms with Gasteiger partial charge in [-0.1, -0.05) is 24.8 Å². The van der Waals surface area contributed by atoms with Crippen molar-refractivity contribution in [3.8, 4) is 11.8 Å². The molecule has 0 atom stereocenters. The molecule has 0 bridgehead atoms. The predicted octanol–water partition coefficient (Wildman–Crippen LogP) is 3.55. The highest BCUT2D eigenvalue weighted by molar-refractivity contribution is 5.74. The third-order valence-corrected chi connectivity index (χ3v) is 2.27. The van der Waals surface area contributed by atoms with Crippen molar-refractivity contribution in [1.82, 2.24) is 0 Å². The molecule has 0 aromatic heterocycles. The molecule has 0 spiro atoms. The first-order valence-corrected chi connectivity index (χ1v) is 5.22. The zero-order valence-corrected chi connectivity index (χ0v) is 9.66. The average Bonchev–Trinajstić information content (AvgIpc) is 2.31. The lowest BCUT2D eigenvalue weighted by atomic mass is 10.0. The van der Waals surface area contributed by atoms with Gasteiger partial charge in [-0.15, -0.1) is 0 Å². The Morgan fingerprint density at radius 3 is 2.81 bits per heavy atom. The quantitative estimate of drug-likeness (QED) is 0.716. The van der Waals surface area contributed by atoms with E-state index in [1.54, 1.807) is 12.1 Å². The number of allylic oxidation sites excluding steroid dienone is 3. The first kappa shape index (κ1) is 12.1. The lowest BCUT2D eigenvalue weighted by Gasteiger charge is -2.08. The molecule has 0 aliphatic rings. The van der Waals surface area contributed by atoms with E-state index in [0.29, 0.717) is 17.9 Å². The highest BCUT2D eigenvalue weighted by Crippen LogP contribution is 2.24. The van der Waals surface area contributed by atoms with Crippen LogP contribution >= 0.6 is 0 Å². The first-order chi connectivity index (χ1) is 7.76. The number of hydrogen-bond donors (Lipinski definition) is 0. The summed E-state index contributed by atoms with van der Waals surface area (Å²) < 4.78 is 5.42. The molecule has 0 saturated heterocycles. The third-order valence-electron chi connectivity index (χ3n) is 2.27. The molecule has 0 amide bonds. The van der Waals surface area contributed by atoms with E-state index in [0.717, 1.165) is 11.1 Å². The van der Waals surface area contributed by atoms with Gasteiger partial charge in [0.15, 0.2) is 0 Å². The Balaban J connectivity index is 3.22. The van der Waals surface area contributed by atoms with Crippen LogP contribution in [0.1, 0.15) is 25.0 Å². The zero-order chi connectivity index (χ0) is 12.0. The van der Waals surface area contributed by atoms with Crippen LogP contribution in [0.4, 0.5) is 0 Å². The normalized spacial score (nSPS) is 10.7. The van der Waals surface area contributed by atoms with Gasteiger partial charge in [-0.3, -0.25) is 0 Å². The molecule has 0 unspecified atom stereocenters. The minimum absolute atomic E-state index is 0.553. The maximum Gasteiger partial charge on any atom is 0.137 e. The fourth-order valence-corrected chi connectivity index (χ4v) is 1.47. The maximum atomic E-state index is 8.92. The highest BCUT2D eigenvalue weighted by Gasteiger charge is 2.05. The van der Waals surface area contributed by atoms with Gasteiger partial charge in [0.25, 0.3) is 0 Å². The summed E-state index contributed by atoms with van der Waals surface area (Å²) in [5.74, 6) is 0.628. The Morgan fingerprint density at radius 1 is 1.56 bits per heavy atom. The van der Waals surface area contributed by atoms with Crippen molar-refractivity contribution in [2.45, 2.75) is 13.8 Å². The smallest absolute Gasteiger partial charge is 0.137 e. The molecular formula is C14H15NO. The molecule has 82 valence electrons. The van der Waals surface area contributed by atoms with Crippen LogP contribution in [0.5, 0.6) is 5.75 Å². The molecule has 2 heteroatoms. The van der Waals surface area contributed by atoms with E-state index in [9.17, 15) is 0 Å². The first-order valence-electron chi connectivity index (χ1n) is 5.22. The van der Waals surface area contributed by atoms with Gasteiger partial charge in [-0.05, 0) is 37.1 Å². The van der Waals surface area contributed by atoms with Crippen LogP contribution in [0.3, 0.4) is 0 Å². The Bertz CT molecular complexity index is 452. The van der Waals surface area contributed by atoms with E-state index >= 15 is 0 Å². The summed E-state index contributed by atoms with van der Waals surface area (Å²) >= 11 is 0. The third kappa shape index (κ3) is 2.52. The number of nitrogens with zero attached hydrogens (tertiary/aromatic N) is 1. The summed E-state index contributed by atoms with van der Waals surface area (Å²) in [5, 5.41) is 8.92. The summed E-state index contributed by atoms with van der Waals surface area (Å²) in [5.41, 5.74) is 2.61. The molecule has 1 aromatic carbocycles. The van der Waals surface area contributed by atoms with Gasteiger partial charge in [0, 0.05) is 0 Å². The topological polar surface area (TPSA) is 33.0 Å². The fraction of sp³-hybridized carbons (Fsp3) is 0.214. The van der Waals surface area contributed by atoms with Crippen LogP contribution in [0.15, 0.2) is 36.9 Å². The fourth-order valence-electron chi connectivity index (χ4n) is 1.47. The molecule has 0 radical (unpaired) electrons. The van der Waals surface area contributed by atoms with Crippen molar-refractivity contribution in [3.63, 3.8) is 0 Å². The van der Waals surface area contributed by atoms with E-state index in [1.807, 2.05) is 32.1 Å². The number of ether oxygens (including phenoxy) is 1. The molecule has 0 N–H and O–H groups in total. The van der Waals surface area contributed by atoms with Crippen LogP contribution < -0.4 is 4.74 Å². The van der Waals surface area contributed by atoms with Crippen LogP contribution in [0.25, 0.3) is 5.57 Å². The van der Waals surface area contributed by atoms with Crippen LogP contribution in [0.2, 0.25) is 0 Å². The van der Waals surface area contributed by atoms with Gasteiger partial charge in [0.05, 0.1) is 12.2 Å². The zero-order valence-electron chi connectivity index (χ0n) is 9.66. The lowest BCUT2D eigenvalue weighted by Crippen LogP contribution is -1.95. The van der Waals surface area contributed by atoms with Crippen LogP contribution in [0, 0.1) is 11.3 Å². The molecule has 0 aliphatic carbocycles. The largest absolute Gasteiger partial charge is 0.492 e. The molecule has 0 saturated carbocycles. The molecule has 2 nitrogen and oxygen atoms in total. The Hall–Kier alpha value is -2.01. The second-order valence-corrected chi connectivity index (χ2v) is 3.20. The molecule has 1 rings (SSSR count). The molecular weight excluding hydrogens is 198 g/mol. The van der Waals surface area contributed by atoms with E-state index < -0.39 is 0 Å². The van der Waals surface area contributed by atoms with Gasteiger partial charge in [-0.25, -0.2) is 0 Å². The Morgan fingerprint density at radius 2 is 2.31 bits per heavy atom. The maximum absolute atomic E-state index is 8.92. The average molecular weight is 213 g/mol. The summed E-state index contributed by atoms with van der Waals surface area (Å²) in [6.07, 6.45) is 3.77. The molecule has 16 heavy (non-hydrogen) atoms. The standard InChI is InChI=1S/C14H15NO/c1-4-11(5-2)12-7-8-13(10-15)14(9-12)16-6-3/h4-5,7-9H,1,6H2,2-3H3/b11-5+. The summed E-state index contributed by atoms with van der Waals surface area (Å²) in [6, 6.07) is 7.66. The van der Waals surface area contributed by atoms with E-state index in [2.05, 4.69) is 12.6 Å². The van der Waals surface area contributed by atoms with Crippen LogP contribution in [-0.4, -0.2) is 6.61 Å². The van der Waals surface area contributed by atoms with Crippen molar-refractivity contribution in [2.24, 2.45) is 0 Å². The second kappa shape index (κ2) is 5.77. The lowest BCUT2D eigenvalue weighted by molar-refractivity contribution is 0.339. The summed E-state index contributed by atoms with van der Waals surface area (Å²) in [6.45, 7) is 8.16. The molecule has 1 aromatic rings. The van der Waals surface area contributed by atoms with E-state index in [1.165, 1.54) is 0 Å². The Labute approximate surface area is 96.5 Å². The monoisotopic (exact) mass is 213 g/mol. The van der Waals surface area contributed by atoms with Crippen molar-refractivity contribution in [3.05, 3.63) is 48.1 Å². The van der Waals surface area contributed by atoms with Gasteiger partial charge in [-0.2, -0.15) is 5.26 Å². The Kier molecular flexibility index (Phi) is 4.35. The SMILES string of the molecule is C=C/C(=C\C)c1ccc(C#N)c(OCC)c1. The molecule has 0 fully saturated rings. The van der Waals surface area contributed by atoms with Gasteiger partial charge >= 0.3 is 0 Å². The van der Waals surface area contributed by atoms with Crippen molar-refractivity contribution < 1.29 is 4.74 Å². The summed E-state index contributed by atoms with van der Waals surface area (Å²) in [4.78, 5) is 0. The molecule has 0 aliphatic heterocycles. The highest BCUT2D eigenvalue weighted by atomic mass is 16.5. The number of hydrogen-bond acceptors (Lipinski definition) is 2. The predicted molar refractivity (Wildman–Crippen MR) is 66.2 cm³/mol. The van der Waals surface area contributed by atoms with Crippen molar-refractivity contribution in [1.29, 1.82) is 5.26 Å². The summed E-state index contributed by atoms with van der Waals surface area (Å²) in [7, 11) is 0. The minimum atomic E-state index is 0.553. The minimum Gasteiger partial charge on any atom is -0.492 e. The second-order valence-electron chi connectivity index (χ2n) is 3.20. The number of benzene rings is 1. The van der Waals surface area contributed by atoms with Gasteiger partial charge in [0.2, 0.25) is 0 Å². The van der Waals surface area contributed by atoms with E-state index in [-0.39, 0.29) is 0 Å².